The van der Waals surface area contributed by atoms with Crippen molar-refractivity contribution in [3.63, 3.8) is 0 Å². The van der Waals surface area contributed by atoms with Gasteiger partial charge in [-0.2, -0.15) is 10.2 Å². The number of carbonyl (C=O) groups excluding carboxylic acids is 1. The zero-order valence-corrected chi connectivity index (χ0v) is 11.5. The van der Waals surface area contributed by atoms with E-state index in [1.54, 1.807) is 23.4 Å². The Kier molecular flexibility index (Phi) is 3.49. The molecular formula is C13H18N6O. The average molecular weight is 274 g/mol. The average Bonchev–Trinajstić information content (AvgIpc) is 3.17. The van der Waals surface area contributed by atoms with Gasteiger partial charge < -0.3 is 4.90 Å². The molecule has 3 heterocycles. The normalized spacial score (nSPS) is 19.2. The molecule has 0 unspecified atom stereocenters. The van der Waals surface area contributed by atoms with Gasteiger partial charge in [0.2, 0.25) is 0 Å². The molecule has 0 spiro atoms. The molecule has 1 aliphatic rings. The first kappa shape index (κ1) is 12.8. The second-order valence-corrected chi connectivity index (χ2v) is 5.01. The van der Waals surface area contributed by atoms with E-state index in [4.69, 9.17) is 0 Å². The van der Waals surface area contributed by atoms with E-state index < -0.39 is 0 Å². The van der Waals surface area contributed by atoms with Gasteiger partial charge in [0.15, 0.2) is 0 Å². The van der Waals surface area contributed by atoms with E-state index in [0.29, 0.717) is 12.1 Å². The number of likely N-dealkylation sites (tertiary alicyclic amines) is 1. The van der Waals surface area contributed by atoms with Crippen LogP contribution in [0.5, 0.6) is 0 Å². The summed E-state index contributed by atoms with van der Waals surface area (Å²) in [6.07, 6.45) is 8.71. The Morgan fingerprint density at radius 1 is 1.45 bits per heavy atom. The molecule has 2 aromatic rings. The van der Waals surface area contributed by atoms with Crippen molar-refractivity contribution in [3.8, 4) is 0 Å². The highest BCUT2D eigenvalue weighted by atomic mass is 16.2. The molecule has 1 aliphatic heterocycles. The van der Waals surface area contributed by atoms with Crippen LogP contribution in [0.3, 0.4) is 0 Å². The van der Waals surface area contributed by atoms with Crippen LogP contribution in [0.4, 0.5) is 0 Å². The minimum atomic E-state index is 0.0505. The Morgan fingerprint density at radius 3 is 3.05 bits per heavy atom. The van der Waals surface area contributed by atoms with Gasteiger partial charge in [-0.3, -0.25) is 9.48 Å². The van der Waals surface area contributed by atoms with Crippen molar-refractivity contribution >= 4 is 5.91 Å². The van der Waals surface area contributed by atoms with Crippen LogP contribution in [0, 0.1) is 0 Å². The Hall–Kier alpha value is -2.18. The van der Waals surface area contributed by atoms with Gasteiger partial charge in [0, 0.05) is 25.8 Å². The monoisotopic (exact) mass is 274 g/mol. The van der Waals surface area contributed by atoms with E-state index in [0.717, 1.165) is 25.9 Å². The van der Waals surface area contributed by atoms with Crippen LogP contribution in [0.25, 0.3) is 0 Å². The molecule has 7 heteroatoms. The lowest BCUT2D eigenvalue weighted by Crippen LogP contribution is -2.40. The standard InChI is InChI=1S/C13H18N6O/c1-2-18-7-11(6-15-18)13(20)17-5-3-4-12(8-17)19-10-14-9-16-19/h6-7,9-10,12H,2-5,8H2,1H3/t12-/m1/s1. The first-order valence-electron chi connectivity index (χ1n) is 6.93. The number of carbonyl (C=O) groups is 1. The lowest BCUT2D eigenvalue weighted by Gasteiger charge is -2.32. The topological polar surface area (TPSA) is 68.8 Å². The van der Waals surface area contributed by atoms with E-state index in [1.807, 2.05) is 16.5 Å². The van der Waals surface area contributed by atoms with Crippen molar-refractivity contribution in [3.05, 3.63) is 30.6 Å². The number of rotatable bonds is 3. The fourth-order valence-electron chi connectivity index (χ4n) is 2.59. The lowest BCUT2D eigenvalue weighted by atomic mass is 10.1. The van der Waals surface area contributed by atoms with Gasteiger partial charge in [-0.15, -0.1) is 0 Å². The van der Waals surface area contributed by atoms with Crippen LogP contribution < -0.4 is 0 Å². The summed E-state index contributed by atoms with van der Waals surface area (Å²) in [5, 5.41) is 8.34. The Bertz CT molecular complexity index is 575. The second kappa shape index (κ2) is 5.44. The smallest absolute Gasteiger partial charge is 0.257 e. The summed E-state index contributed by atoms with van der Waals surface area (Å²) >= 11 is 0. The zero-order chi connectivity index (χ0) is 13.9. The third-order valence-corrected chi connectivity index (χ3v) is 3.70. The predicted octanol–water partition coefficient (Wildman–Crippen LogP) is 0.972. The van der Waals surface area contributed by atoms with Crippen LogP contribution in [0.1, 0.15) is 36.2 Å². The Balaban J connectivity index is 1.71. The van der Waals surface area contributed by atoms with E-state index in [2.05, 4.69) is 15.2 Å². The molecule has 1 fully saturated rings. The first-order chi connectivity index (χ1) is 9.78. The van der Waals surface area contributed by atoms with Crippen molar-refractivity contribution in [1.29, 1.82) is 0 Å². The highest BCUT2D eigenvalue weighted by Crippen LogP contribution is 2.21. The van der Waals surface area contributed by atoms with Crippen molar-refractivity contribution in [2.24, 2.45) is 0 Å². The molecule has 2 aromatic heterocycles. The maximum Gasteiger partial charge on any atom is 0.257 e. The van der Waals surface area contributed by atoms with Crippen LogP contribution in [-0.2, 0) is 6.54 Å². The predicted molar refractivity (Wildman–Crippen MR) is 72.1 cm³/mol. The van der Waals surface area contributed by atoms with E-state index >= 15 is 0 Å². The van der Waals surface area contributed by atoms with E-state index in [-0.39, 0.29) is 11.9 Å². The summed E-state index contributed by atoms with van der Waals surface area (Å²) in [7, 11) is 0. The second-order valence-electron chi connectivity index (χ2n) is 5.01. The fourth-order valence-corrected chi connectivity index (χ4v) is 2.59. The molecule has 0 N–H and O–H groups in total. The molecule has 7 nitrogen and oxygen atoms in total. The van der Waals surface area contributed by atoms with Crippen molar-refractivity contribution < 1.29 is 4.79 Å². The minimum absolute atomic E-state index is 0.0505. The molecular weight excluding hydrogens is 256 g/mol. The molecule has 0 radical (unpaired) electrons. The quantitative estimate of drug-likeness (QED) is 0.836. The van der Waals surface area contributed by atoms with Gasteiger partial charge in [-0.1, -0.05) is 0 Å². The van der Waals surface area contributed by atoms with Gasteiger partial charge in [0.1, 0.15) is 12.7 Å². The lowest BCUT2D eigenvalue weighted by molar-refractivity contribution is 0.0672. The van der Waals surface area contributed by atoms with E-state index in [1.165, 1.54) is 6.33 Å². The summed E-state index contributed by atoms with van der Waals surface area (Å²) < 4.78 is 3.61. The number of hydrogen-bond acceptors (Lipinski definition) is 4. The summed E-state index contributed by atoms with van der Waals surface area (Å²) in [6.45, 7) is 4.25. The zero-order valence-electron chi connectivity index (χ0n) is 11.5. The molecule has 0 saturated carbocycles. The number of aryl methyl sites for hydroxylation is 1. The molecule has 0 bridgehead atoms. The SMILES string of the molecule is CCn1cc(C(=O)N2CCC[C@@H](n3cncn3)C2)cn1. The third-order valence-electron chi connectivity index (χ3n) is 3.70. The van der Waals surface area contributed by atoms with Crippen LogP contribution in [0.15, 0.2) is 25.0 Å². The van der Waals surface area contributed by atoms with Crippen molar-refractivity contribution in [1.82, 2.24) is 29.4 Å². The maximum absolute atomic E-state index is 12.5. The minimum Gasteiger partial charge on any atom is -0.336 e. The van der Waals surface area contributed by atoms with E-state index in [9.17, 15) is 4.79 Å². The van der Waals surface area contributed by atoms with Gasteiger partial charge in [-0.25, -0.2) is 9.67 Å². The van der Waals surface area contributed by atoms with Crippen molar-refractivity contribution in [2.75, 3.05) is 13.1 Å². The number of piperidine rings is 1. The molecule has 0 aliphatic carbocycles. The van der Waals surface area contributed by atoms with Crippen molar-refractivity contribution in [2.45, 2.75) is 32.4 Å². The number of aromatic nitrogens is 5. The molecule has 20 heavy (non-hydrogen) atoms. The summed E-state index contributed by atoms with van der Waals surface area (Å²) in [5.41, 5.74) is 0.658. The Morgan fingerprint density at radius 2 is 2.35 bits per heavy atom. The molecule has 106 valence electrons. The highest BCUT2D eigenvalue weighted by Gasteiger charge is 2.26. The maximum atomic E-state index is 12.5. The number of hydrogen-bond donors (Lipinski definition) is 0. The summed E-state index contributed by atoms with van der Waals surface area (Å²) in [4.78, 5) is 18.3. The number of amides is 1. The Labute approximate surface area is 117 Å². The molecule has 1 amide bonds. The first-order valence-corrected chi connectivity index (χ1v) is 6.93. The van der Waals surface area contributed by atoms with Crippen LogP contribution in [0.2, 0.25) is 0 Å². The van der Waals surface area contributed by atoms with Crippen LogP contribution >= 0.6 is 0 Å². The van der Waals surface area contributed by atoms with Gasteiger partial charge >= 0.3 is 0 Å². The largest absolute Gasteiger partial charge is 0.336 e. The van der Waals surface area contributed by atoms with Gasteiger partial charge in [0.25, 0.3) is 5.91 Å². The van der Waals surface area contributed by atoms with Gasteiger partial charge in [-0.05, 0) is 19.8 Å². The highest BCUT2D eigenvalue weighted by molar-refractivity contribution is 5.93. The molecule has 1 atom stereocenters. The molecule has 0 aromatic carbocycles. The fraction of sp³-hybridized carbons (Fsp3) is 0.538. The number of nitrogens with zero attached hydrogens (tertiary/aromatic N) is 6. The van der Waals surface area contributed by atoms with Gasteiger partial charge in [0.05, 0.1) is 17.8 Å². The third kappa shape index (κ3) is 2.43. The summed E-state index contributed by atoms with van der Waals surface area (Å²) in [5.74, 6) is 0.0505. The molecule has 1 saturated heterocycles. The molecule has 3 rings (SSSR count). The summed E-state index contributed by atoms with van der Waals surface area (Å²) in [6, 6.07) is 0.219. The van der Waals surface area contributed by atoms with Crippen LogP contribution in [-0.4, -0.2) is 48.4 Å².